The second-order valence-electron chi connectivity index (χ2n) is 5.94. The van der Waals surface area contributed by atoms with Crippen LogP contribution in [0.5, 0.6) is 0 Å². The van der Waals surface area contributed by atoms with Crippen LogP contribution in [0, 0.1) is 11.6 Å². The fraction of sp³-hybridized carbons (Fsp3) is 0.438. The molecule has 1 N–H and O–H groups in total. The van der Waals surface area contributed by atoms with Crippen LogP contribution >= 0.6 is 0 Å². The summed E-state index contributed by atoms with van der Waals surface area (Å²) in [5.41, 5.74) is -0.368. The summed E-state index contributed by atoms with van der Waals surface area (Å²) >= 11 is -1.12. The van der Waals surface area contributed by atoms with Gasteiger partial charge in [0.05, 0.1) is 18.8 Å². The third-order valence-electron chi connectivity index (χ3n) is 4.34. The standard InChI is InChI=1S/C16H18F2N4O4S/c1-19-13-8-27(25)4-3-21(13)14-10(17)5-9(6-11(14)18)22-7-12(15(23)20-2)26-16(22)24/h5-6,12H,3-4,7-8H2,1-2H3,(H,20,23)/t12-,27?/m1/s1. The minimum Gasteiger partial charge on any atom is -0.616 e. The Morgan fingerprint density at radius 3 is 2.63 bits per heavy atom. The molecule has 0 aromatic heterocycles. The number of nitrogens with zero attached hydrogens (tertiary/aromatic N) is 3. The summed E-state index contributed by atoms with van der Waals surface area (Å²) in [5, 5.41) is 2.35. The lowest BCUT2D eigenvalue weighted by atomic mass is 10.2. The monoisotopic (exact) mass is 400 g/mol. The molecule has 2 saturated heterocycles. The molecule has 11 heteroatoms. The largest absolute Gasteiger partial charge is 0.616 e. The van der Waals surface area contributed by atoms with Gasteiger partial charge in [-0.3, -0.25) is 14.7 Å². The van der Waals surface area contributed by atoms with Crippen LogP contribution in [-0.2, 0) is 20.7 Å². The van der Waals surface area contributed by atoms with Crippen LogP contribution in [0.15, 0.2) is 17.1 Å². The molecule has 1 unspecified atom stereocenters. The lowest BCUT2D eigenvalue weighted by Gasteiger charge is -2.31. The van der Waals surface area contributed by atoms with Crippen molar-refractivity contribution in [2.24, 2.45) is 4.99 Å². The maximum atomic E-state index is 14.7. The second-order valence-corrected chi connectivity index (χ2v) is 7.51. The number of ether oxygens (including phenoxy) is 1. The van der Waals surface area contributed by atoms with Gasteiger partial charge in [-0.25, -0.2) is 13.6 Å². The van der Waals surface area contributed by atoms with E-state index in [1.165, 1.54) is 19.0 Å². The maximum absolute atomic E-state index is 14.7. The Balaban J connectivity index is 1.90. The Bertz CT molecular complexity index is 784. The van der Waals surface area contributed by atoms with Gasteiger partial charge in [0.25, 0.3) is 5.91 Å². The van der Waals surface area contributed by atoms with Gasteiger partial charge in [0.1, 0.15) is 11.4 Å². The highest BCUT2D eigenvalue weighted by Crippen LogP contribution is 2.32. The predicted octanol–water partition coefficient (Wildman–Crippen LogP) is 0.633. The molecule has 2 amide bonds. The van der Waals surface area contributed by atoms with E-state index in [9.17, 15) is 22.9 Å². The van der Waals surface area contributed by atoms with Crippen molar-refractivity contribution in [3.63, 3.8) is 0 Å². The minimum absolute atomic E-state index is 0.0549. The number of aliphatic imine (C=N–C) groups is 1. The number of rotatable bonds is 3. The van der Waals surface area contributed by atoms with Gasteiger partial charge < -0.3 is 19.5 Å². The average Bonchev–Trinajstić information content (AvgIpc) is 3.03. The fourth-order valence-corrected chi connectivity index (χ4v) is 4.08. The lowest BCUT2D eigenvalue weighted by Crippen LogP contribution is -2.46. The zero-order valence-electron chi connectivity index (χ0n) is 14.7. The molecule has 1 aromatic carbocycles. The molecule has 0 saturated carbocycles. The molecule has 0 radical (unpaired) electrons. The molecule has 2 aliphatic heterocycles. The molecule has 0 aliphatic carbocycles. The van der Waals surface area contributed by atoms with E-state index in [4.69, 9.17) is 4.74 Å². The lowest BCUT2D eigenvalue weighted by molar-refractivity contribution is -0.127. The summed E-state index contributed by atoms with van der Waals surface area (Å²) in [4.78, 5) is 29.9. The summed E-state index contributed by atoms with van der Waals surface area (Å²) < 4.78 is 46.1. The molecule has 2 aliphatic rings. The van der Waals surface area contributed by atoms with Gasteiger partial charge in [-0.05, 0) is 11.2 Å². The van der Waals surface area contributed by atoms with Crippen LogP contribution in [-0.4, -0.2) is 67.2 Å². The molecular formula is C16H18F2N4O4S. The highest BCUT2D eigenvalue weighted by atomic mass is 32.2. The summed E-state index contributed by atoms with van der Waals surface area (Å²) in [6, 6.07) is 2.01. The van der Waals surface area contributed by atoms with Gasteiger partial charge in [-0.15, -0.1) is 0 Å². The smallest absolute Gasteiger partial charge is 0.415 e. The summed E-state index contributed by atoms with van der Waals surface area (Å²) in [6.45, 7) is 0.0120. The summed E-state index contributed by atoms with van der Waals surface area (Å²) in [7, 11) is 2.86. The quantitative estimate of drug-likeness (QED) is 0.751. The van der Waals surface area contributed by atoms with E-state index < -0.39 is 40.9 Å². The first kappa shape index (κ1) is 19.4. The molecule has 0 bridgehead atoms. The normalized spacial score (nSPS) is 24.3. The first-order valence-electron chi connectivity index (χ1n) is 8.12. The molecule has 0 spiro atoms. The van der Waals surface area contributed by atoms with Crippen molar-refractivity contribution in [1.29, 1.82) is 0 Å². The summed E-state index contributed by atoms with van der Waals surface area (Å²) in [5.74, 6) is -1.58. The topological polar surface area (TPSA) is 97.3 Å². The number of carbonyl (C=O) groups excluding carboxylic acids is 2. The first-order chi connectivity index (χ1) is 12.8. The Morgan fingerprint density at radius 1 is 1.37 bits per heavy atom. The van der Waals surface area contributed by atoms with Crippen molar-refractivity contribution in [1.82, 2.24) is 5.32 Å². The van der Waals surface area contributed by atoms with Crippen molar-refractivity contribution >= 4 is 40.4 Å². The molecule has 2 atom stereocenters. The molecule has 3 rings (SSSR count). The van der Waals surface area contributed by atoms with Crippen LogP contribution in [0.2, 0.25) is 0 Å². The third kappa shape index (κ3) is 3.69. The fourth-order valence-electron chi connectivity index (χ4n) is 2.98. The number of hydrogen-bond acceptors (Lipinski definition) is 5. The van der Waals surface area contributed by atoms with E-state index >= 15 is 0 Å². The molecule has 1 aromatic rings. The van der Waals surface area contributed by atoms with Gasteiger partial charge in [0, 0.05) is 26.2 Å². The van der Waals surface area contributed by atoms with E-state index in [1.807, 2.05) is 0 Å². The highest BCUT2D eigenvalue weighted by Gasteiger charge is 2.38. The zero-order chi connectivity index (χ0) is 19.7. The number of hydrogen-bond donors (Lipinski definition) is 1. The molecule has 2 heterocycles. The number of amidine groups is 1. The number of amides is 2. The van der Waals surface area contributed by atoms with Gasteiger partial charge in [0.15, 0.2) is 29.3 Å². The van der Waals surface area contributed by atoms with Crippen LogP contribution in [0.3, 0.4) is 0 Å². The van der Waals surface area contributed by atoms with Gasteiger partial charge >= 0.3 is 6.09 Å². The number of halogens is 2. The van der Waals surface area contributed by atoms with E-state index in [2.05, 4.69) is 10.3 Å². The average molecular weight is 400 g/mol. The number of cyclic esters (lactones) is 1. The molecule has 8 nitrogen and oxygen atoms in total. The number of nitrogens with one attached hydrogen (secondary N) is 1. The Hall–Kier alpha value is -2.40. The van der Waals surface area contributed by atoms with Gasteiger partial charge in [0.2, 0.25) is 0 Å². The summed E-state index contributed by atoms with van der Waals surface area (Å²) in [6.07, 6.45) is -1.91. The van der Waals surface area contributed by atoms with E-state index in [1.54, 1.807) is 0 Å². The van der Waals surface area contributed by atoms with Crippen molar-refractivity contribution in [2.45, 2.75) is 6.10 Å². The van der Waals surface area contributed by atoms with Crippen LogP contribution in [0.25, 0.3) is 0 Å². The van der Waals surface area contributed by atoms with Gasteiger partial charge in [-0.2, -0.15) is 0 Å². The Kier molecular flexibility index (Phi) is 5.51. The molecule has 27 heavy (non-hydrogen) atoms. The van der Waals surface area contributed by atoms with Crippen LogP contribution < -0.4 is 15.1 Å². The number of benzene rings is 1. The Morgan fingerprint density at radius 2 is 2.04 bits per heavy atom. The van der Waals surface area contributed by atoms with Crippen molar-refractivity contribution < 1.29 is 27.7 Å². The molecule has 2 fully saturated rings. The van der Waals surface area contributed by atoms with Crippen molar-refractivity contribution in [3.05, 3.63) is 23.8 Å². The van der Waals surface area contributed by atoms with E-state index in [0.29, 0.717) is 5.84 Å². The van der Waals surface area contributed by atoms with E-state index in [0.717, 1.165) is 17.0 Å². The van der Waals surface area contributed by atoms with Crippen molar-refractivity contribution in [3.8, 4) is 0 Å². The van der Waals surface area contributed by atoms with E-state index in [-0.39, 0.29) is 36.0 Å². The maximum Gasteiger partial charge on any atom is 0.415 e. The second kappa shape index (κ2) is 7.69. The first-order valence-corrected chi connectivity index (χ1v) is 9.61. The van der Waals surface area contributed by atoms with Crippen molar-refractivity contribution in [2.75, 3.05) is 48.5 Å². The van der Waals surface area contributed by atoms with Gasteiger partial charge in [-0.1, -0.05) is 0 Å². The SMILES string of the molecule is CN=C1C[S+]([O-])CCN1c1c(F)cc(N2C[C@H](C(=O)NC)OC2=O)cc1F. The molecule has 146 valence electrons. The molecular weight excluding hydrogens is 382 g/mol. The predicted molar refractivity (Wildman–Crippen MR) is 96.6 cm³/mol. The Labute approximate surface area is 157 Å². The van der Waals surface area contributed by atoms with Crippen LogP contribution in [0.4, 0.5) is 25.0 Å². The third-order valence-corrected chi connectivity index (χ3v) is 5.55. The van der Waals surface area contributed by atoms with Crippen LogP contribution in [0.1, 0.15) is 0 Å². The minimum atomic E-state index is -1.12. The number of likely N-dealkylation sites (N-methyl/N-ethyl adjacent to an activating group) is 1. The number of carbonyl (C=O) groups is 2. The number of anilines is 2. The highest BCUT2D eigenvalue weighted by molar-refractivity contribution is 7.92. The zero-order valence-corrected chi connectivity index (χ0v) is 15.5.